The summed E-state index contributed by atoms with van der Waals surface area (Å²) in [7, 11) is 0. The van der Waals surface area contributed by atoms with Crippen LogP contribution in [0.5, 0.6) is 0 Å². The summed E-state index contributed by atoms with van der Waals surface area (Å²) < 4.78 is 13.3. The number of hydrogen-bond donors (Lipinski definition) is 1. The summed E-state index contributed by atoms with van der Waals surface area (Å²) in [6.07, 6.45) is 0.761. The van der Waals surface area contributed by atoms with Crippen molar-refractivity contribution < 1.29 is 4.39 Å². The zero-order valence-electron chi connectivity index (χ0n) is 8.43. The van der Waals surface area contributed by atoms with Crippen LogP contribution >= 0.6 is 11.6 Å². The van der Waals surface area contributed by atoms with Crippen LogP contribution in [0.1, 0.15) is 31.9 Å². The molecule has 0 heterocycles. The largest absolute Gasteiger partial charge is 0.324 e. The third kappa shape index (κ3) is 2.96. The highest BCUT2D eigenvalue weighted by Gasteiger charge is 2.13. The van der Waals surface area contributed by atoms with E-state index < -0.39 is 0 Å². The summed E-state index contributed by atoms with van der Waals surface area (Å²) in [6.45, 7) is 4.12. The maximum absolute atomic E-state index is 13.3. The molecule has 0 aliphatic carbocycles. The minimum absolute atomic E-state index is 0.270. The monoisotopic (exact) mass is 215 g/mol. The van der Waals surface area contributed by atoms with Gasteiger partial charge in [0.2, 0.25) is 0 Å². The van der Waals surface area contributed by atoms with E-state index in [1.807, 2.05) is 0 Å². The average molecular weight is 216 g/mol. The third-order valence-corrected chi connectivity index (χ3v) is 2.32. The first kappa shape index (κ1) is 11.5. The standard InChI is InChI=1S/C11H15ClFN/c1-7(2)5-11(14)9-6-8(12)3-4-10(9)13/h3-4,6-7,11H,5,14H2,1-2H3/t11-/m1/s1. The van der Waals surface area contributed by atoms with Crippen LogP contribution in [0.4, 0.5) is 4.39 Å². The van der Waals surface area contributed by atoms with E-state index in [0.29, 0.717) is 16.5 Å². The first-order chi connectivity index (χ1) is 6.50. The lowest BCUT2D eigenvalue weighted by Gasteiger charge is -2.15. The minimum Gasteiger partial charge on any atom is -0.324 e. The highest BCUT2D eigenvalue weighted by molar-refractivity contribution is 6.30. The van der Waals surface area contributed by atoms with Crippen molar-refractivity contribution in [2.24, 2.45) is 11.7 Å². The van der Waals surface area contributed by atoms with Gasteiger partial charge in [-0.2, -0.15) is 0 Å². The number of hydrogen-bond acceptors (Lipinski definition) is 1. The van der Waals surface area contributed by atoms with E-state index in [2.05, 4.69) is 13.8 Å². The summed E-state index contributed by atoms with van der Waals surface area (Å²) in [6, 6.07) is 4.22. The molecule has 1 aromatic rings. The maximum Gasteiger partial charge on any atom is 0.128 e. The molecule has 0 fully saturated rings. The van der Waals surface area contributed by atoms with Crippen molar-refractivity contribution in [1.82, 2.24) is 0 Å². The van der Waals surface area contributed by atoms with Gasteiger partial charge in [0.1, 0.15) is 5.82 Å². The van der Waals surface area contributed by atoms with E-state index in [4.69, 9.17) is 17.3 Å². The zero-order chi connectivity index (χ0) is 10.7. The van der Waals surface area contributed by atoms with Gasteiger partial charge in [0, 0.05) is 16.6 Å². The molecule has 0 amide bonds. The number of rotatable bonds is 3. The van der Waals surface area contributed by atoms with Gasteiger partial charge < -0.3 is 5.73 Å². The summed E-state index contributed by atoms with van der Waals surface area (Å²) in [5.74, 6) is 0.172. The van der Waals surface area contributed by atoms with E-state index >= 15 is 0 Å². The van der Waals surface area contributed by atoms with Crippen molar-refractivity contribution in [1.29, 1.82) is 0 Å². The van der Waals surface area contributed by atoms with E-state index in [1.54, 1.807) is 6.07 Å². The number of halogens is 2. The Balaban J connectivity index is 2.88. The van der Waals surface area contributed by atoms with Crippen molar-refractivity contribution in [3.05, 3.63) is 34.6 Å². The van der Waals surface area contributed by atoms with Crippen LogP contribution in [0, 0.1) is 11.7 Å². The zero-order valence-corrected chi connectivity index (χ0v) is 9.18. The van der Waals surface area contributed by atoms with Gasteiger partial charge in [-0.1, -0.05) is 25.4 Å². The van der Waals surface area contributed by atoms with E-state index in [9.17, 15) is 4.39 Å². The Hall–Kier alpha value is -0.600. The second-order valence-corrected chi connectivity index (χ2v) is 4.34. The minimum atomic E-state index is -0.275. The maximum atomic E-state index is 13.3. The molecule has 1 aromatic carbocycles. The van der Waals surface area contributed by atoms with Gasteiger partial charge in [-0.15, -0.1) is 0 Å². The molecule has 0 saturated heterocycles. The summed E-state index contributed by atoms with van der Waals surface area (Å²) in [4.78, 5) is 0. The van der Waals surface area contributed by atoms with Crippen LogP contribution in [0.2, 0.25) is 5.02 Å². The van der Waals surface area contributed by atoms with Crippen molar-refractivity contribution in [3.8, 4) is 0 Å². The van der Waals surface area contributed by atoms with Gasteiger partial charge in [0.25, 0.3) is 0 Å². The Labute approximate surface area is 89.1 Å². The first-order valence-corrected chi connectivity index (χ1v) is 5.09. The van der Waals surface area contributed by atoms with Crippen LogP contribution in [0.25, 0.3) is 0 Å². The second-order valence-electron chi connectivity index (χ2n) is 3.90. The van der Waals surface area contributed by atoms with Gasteiger partial charge >= 0.3 is 0 Å². The molecule has 3 heteroatoms. The molecule has 0 aliphatic heterocycles. The van der Waals surface area contributed by atoms with Crippen LogP contribution in [0.3, 0.4) is 0 Å². The molecule has 0 unspecified atom stereocenters. The van der Waals surface area contributed by atoms with Crippen LogP contribution in [0.15, 0.2) is 18.2 Å². The van der Waals surface area contributed by atoms with Crippen molar-refractivity contribution in [3.63, 3.8) is 0 Å². The summed E-state index contributed by atoms with van der Waals surface area (Å²) >= 11 is 5.78. The normalized spacial score (nSPS) is 13.3. The smallest absolute Gasteiger partial charge is 0.128 e. The lowest BCUT2D eigenvalue weighted by atomic mass is 9.97. The van der Waals surface area contributed by atoms with Gasteiger partial charge in [-0.3, -0.25) is 0 Å². The number of benzene rings is 1. The highest BCUT2D eigenvalue weighted by Crippen LogP contribution is 2.24. The SMILES string of the molecule is CC(C)C[C@@H](N)c1cc(Cl)ccc1F. The molecule has 0 bridgehead atoms. The molecule has 0 radical (unpaired) electrons. The molecule has 1 nitrogen and oxygen atoms in total. The molecular weight excluding hydrogens is 201 g/mol. The van der Waals surface area contributed by atoms with Crippen LogP contribution in [-0.2, 0) is 0 Å². The van der Waals surface area contributed by atoms with Gasteiger partial charge in [0.05, 0.1) is 0 Å². The van der Waals surface area contributed by atoms with Crippen molar-refractivity contribution >= 4 is 11.6 Å². The average Bonchev–Trinajstić information content (AvgIpc) is 2.08. The van der Waals surface area contributed by atoms with Gasteiger partial charge in [-0.25, -0.2) is 4.39 Å². The van der Waals surface area contributed by atoms with Crippen LogP contribution in [-0.4, -0.2) is 0 Å². The predicted octanol–water partition coefficient (Wildman–Crippen LogP) is 3.53. The molecule has 0 saturated carbocycles. The first-order valence-electron chi connectivity index (χ1n) is 4.71. The summed E-state index contributed by atoms with van der Waals surface area (Å²) in [5, 5.41) is 0.528. The van der Waals surface area contributed by atoms with Gasteiger partial charge in [-0.05, 0) is 30.5 Å². The topological polar surface area (TPSA) is 26.0 Å². The van der Waals surface area contributed by atoms with Crippen LogP contribution < -0.4 is 5.73 Å². The predicted molar refractivity (Wildman–Crippen MR) is 57.8 cm³/mol. The second kappa shape index (κ2) is 4.76. The van der Waals surface area contributed by atoms with E-state index in [1.165, 1.54) is 12.1 Å². The van der Waals surface area contributed by atoms with Gasteiger partial charge in [0.15, 0.2) is 0 Å². The lowest BCUT2D eigenvalue weighted by molar-refractivity contribution is 0.489. The fourth-order valence-electron chi connectivity index (χ4n) is 1.43. The molecule has 0 aliphatic rings. The molecule has 78 valence electrons. The molecule has 0 aromatic heterocycles. The van der Waals surface area contributed by atoms with E-state index in [-0.39, 0.29) is 11.9 Å². The van der Waals surface area contributed by atoms with Crippen molar-refractivity contribution in [2.45, 2.75) is 26.3 Å². The Morgan fingerprint density at radius 2 is 2.07 bits per heavy atom. The Kier molecular flexibility index (Phi) is 3.90. The molecule has 1 rings (SSSR count). The molecule has 1 atom stereocenters. The Bertz CT molecular complexity index is 312. The molecule has 14 heavy (non-hydrogen) atoms. The fraction of sp³-hybridized carbons (Fsp3) is 0.455. The lowest BCUT2D eigenvalue weighted by Crippen LogP contribution is -2.14. The quantitative estimate of drug-likeness (QED) is 0.820. The Morgan fingerprint density at radius 3 is 2.64 bits per heavy atom. The summed E-state index contributed by atoms with van der Waals surface area (Å²) in [5.41, 5.74) is 6.37. The highest BCUT2D eigenvalue weighted by atomic mass is 35.5. The molecule has 2 N–H and O–H groups in total. The molecule has 0 spiro atoms. The fourth-order valence-corrected chi connectivity index (χ4v) is 1.61. The van der Waals surface area contributed by atoms with Crippen molar-refractivity contribution in [2.75, 3.05) is 0 Å². The Morgan fingerprint density at radius 1 is 1.43 bits per heavy atom. The third-order valence-electron chi connectivity index (χ3n) is 2.08. The van der Waals surface area contributed by atoms with E-state index in [0.717, 1.165) is 6.42 Å². The molecular formula is C11H15ClFN. The number of nitrogens with two attached hydrogens (primary N) is 1.